The summed E-state index contributed by atoms with van der Waals surface area (Å²) in [7, 11) is 3.26. The minimum Gasteiger partial charge on any atom is -0.496 e. The fourth-order valence-corrected chi connectivity index (χ4v) is 2.32. The molecule has 0 bridgehead atoms. The Morgan fingerprint density at radius 1 is 1.25 bits per heavy atom. The molecule has 0 unspecified atom stereocenters. The van der Waals surface area contributed by atoms with Crippen LogP contribution in [0.4, 0.5) is 11.8 Å². The third-order valence-electron chi connectivity index (χ3n) is 3.56. The van der Waals surface area contributed by atoms with Crippen LogP contribution in [0.1, 0.15) is 42.6 Å². The number of ether oxygens (including phenoxy) is 2. The highest BCUT2D eigenvalue weighted by atomic mass is 16.5. The Balaban J connectivity index is 2.56. The van der Waals surface area contributed by atoms with Crippen molar-refractivity contribution in [1.29, 1.82) is 0 Å². The molecule has 2 rings (SSSR count). The Morgan fingerprint density at radius 2 is 1.96 bits per heavy atom. The maximum Gasteiger partial charge on any atom is 0.222 e. The number of hydrogen-bond donors (Lipinski definition) is 2. The lowest BCUT2D eigenvalue weighted by atomic mass is 9.98. The fourth-order valence-electron chi connectivity index (χ4n) is 2.32. The van der Waals surface area contributed by atoms with E-state index in [9.17, 15) is 4.79 Å². The average molecular weight is 330 g/mol. The van der Waals surface area contributed by atoms with Crippen LogP contribution < -0.4 is 20.5 Å². The van der Waals surface area contributed by atoms with Crippen molar-refractivity contribution in [3.8, 4) is 17.2 Å². The van der Waals surface area contributed by atoms with Crippen molar-refractivity contribution in [3.63, 3.8) is 0 Å². The summed E-state index contributed by atoms with van der Waals surface area (Å²) in [6, 6.07) is 3.51. The van der Waals surface area contributed by atoms with E-state index in [1.807, 2.05) is 19.9 Å². The van der Waals surface area contributed by atoms with Gasteiger partial charge in [-0.1, -0.05) is 13.8 Å². The summed E-state index contributed by atoms with van der Waals surface area (Å²) < 4.78 is 11.3. The Morgan fingerprint density at radius 3 is 2.50 bits per heavy atom. The van der Waals surface area contributed by atoms with Crippen molar-refractivity contribution in [2.45, 2.75) is 26.7 Å². The molecular formula is C17H22N4O3. The van der Waals surface area contributed by atoms with Gasteiger partial charge in [0.05, 0.1) is 18.9 Å². The molecule has 3 N–H and O–H groups in total. The zero-order chi connectivity index (χ0) is 17.9. The molecule has 2 aromatic rings. The summed E-state index contributed by atoms with van der Waals surface area (Å²) in [5.74, 6) is 2.19. The van der Waals surface area contributed by atoms with E-state index in [1.54, 1.807) is 20.2 Å². The smallest absolute Gasteiger partial charge is 0.222 e. The van der Waals surface area contributed by atoms with Gasteiger partial charge in [-0.3, -0.25) is 4.79 Å². The number of methoxy groups -OCH3 is 1. The summed E-state index contributed by atoms with van der Waals surface area (Å²) in [4.78, 5) is 19.9. The molecule has 0 fully saturated rings. The molecule has 0 saturated carbocycles. The van der Waals surface area contributed by atoms with Crippen molar-refractivity contribution in [1.82, 2.24) is 9.97 Å². The first kappa shape index (κ1) is 17.5. The number of Topliss-reactive ketones (excluding diaryl/α,β-unsaturated/α-hetero) is 1. The molecule has 0 aliphatic rings. The first-order valence-electron chi connectivity index (χ1n) is 7.58. The average Bonchev–Trinajstić information content (AvgIpc) is 2.55. The van der Waals surface area contributed by atoms with Crippen LogP contribution >= 0.6 is 0 Å². The second-order valence-corrected chi connectivity index (χ2v) is 5.59. The standard InChI is InChI=1S/C17H22N4O3/c1-9(2)11-6-13(23-5)12(10(3)22)7-14(11)24-15-8-20-17(18)21-16(15)19-4/h6-9H,1-5H3,(H3,18,19,20,21). The minimum absolute atomic E-state index is 0.102. The van der Waals surface area contributed by atoms with Crippen LogP contribution in [0.2, 0.25) is 0 Å². The quantitative estimate of drug-likeness (QED) is 0.784. The normalized spacial score (nSPS) is 10.6. The number of carbonyl (C=O) groups is 1. The maximum absolute atomic E-state index is 11.9. The number of nitrogens with one attached hydrogen (secondary N) is 1. The number of ketones is 1. The van der Waals surface area contributed by atoms with Crippen molar-refractivity contribution < 1.29 is 14.3 Å². The van der Waals surface area contributed by atoms with Gasteiger partial charge in [-0.15, -0.1) is 0 Å². The van der Waals surface area contributed by atoms with Gasteiger partial charge in [-0.05, 0) is 25.0 Å². The summed E-state index contributed by atoms with van der Waals surface area (Å²) >= 11 is 0. The van der Waals surface area contributed by atoms with Gasteiger partial charge < -0.3 is 20.5 Å². The second-order valence-electron chi connectivity index (χ2n) is 5.59. The second kappa shape index (κ2) is 7.16. The number of rotatable bonds is 6. The van der Waals surface area contributed by atoms with E-state index < -0.39 is 0 Å². The van der Waals surface area contributed by atoms with Gasteiger partial charge in [0, 0.05) is 12.6 Å². The third-order valence-corrected chi connectivity index (χ3v) is 3.56. The number of hydrogen-bond acceptors (Lipinski definition) is 7. The Hall–Kier alpha value is -2.83. The fraction of sp³-hybridized carbons (Fsp3) is 0.353. The van der Waals surface area contributed by atoms with Crippen LogP contribution in [0.25, 0.3) is 0 Å². The predicted molar refractivity (Wildman–Crippen MR) is 93.2 cm³/mol. The van der Waals surface area contributed by atoms with Crippen molar-refractivity contribution in [3.05, 3.63) is 29.5 Å². The topological polar surface area (TPSA) is 99.4 Å². The summed E-state index contributed by atoms with van der Waals surface area (Å²) in [6.07, 6.45) is 1.50. The maximum atomic E-state index is 11.9. The molecule has 0 aliphatic heterocycles. The van der Waals surface area contributed by atoms with Crippen molar-refractivity contribution >= 4 is 17.5 Å². The zero-order valence-corrected chi connectivity index (χ0v) is 14.5. The van der Waals surface area contributed by atoms with Gasteiger partial charge in [0.15, 0.2) is 17.4 Å². The molecule has 1 aromatic heterocycles. The van der Waals surface area contributed by atoms with E-state index >= 15 is 0 Å². The Labute approximate surface area is 141 Å². The van der Waals surface area contributed by atoms with E-state index in [-0.39, 0.29) is 17.6 Å². The molecule has 0 aliphatic carbocycles. The predicted octanol–water partition coefficient (Wildman–Crippen LogP) is 3.23. The van der Waals surface area contributed by atoms with Gasteiger partial charge in [0.25, 0.3) is 0 Å². The van der Waals surface area contributed by atoms with E-state index in [4.69, 9.17) is 15.2 Å². The van der Waals surface area contributed by atoms with Crippen LogP contribution in [-0.4, -0.2) is 29.9 Å². The molecule has 7 nitrogen and oxygen atoms in total. The van der Waals surface area contributed by atoms with E-state index in [2.05, 4.69) is 15.3 Å². The molecule has 0 spiro atoms. The third kappa shape index (κ3) is 3.56. The highest BCUT2D eigenvalue weighted by Gasteiger charge is 2.18. The number of nitrogens with zero attached hydrogens (tertiary/aromatic N) is 2. The highest BCUT2D eigenvalue weighted by molar-refractivity contribution is 5.97. The molecule has 0 atom stereocenters. The van der Waals surface area contributed by atoms with E-state index in [0.29, 0.717) is 28.6 Å². The van der Waals surface area contributed by atoms with E-state index in [0.717, 1.165) is 5.56 Å². The summed E-state index contributed by atoms with van der Waals surface area (Å²) in [5, 5.41) is 2.92. The SMILES string of the molecule is CNc1nc(N)ncc1Oc1cc(C(C)=O)c(OC)cc1C(C)C. The number of benzene rings is 1. The number of anilines is 2. The van der Waals surface area contributed by atoms with E-state index in [1.165, 1.54) is 13.1 Å². The molecular weight excluding hydrogens is 308 g/mol. The lowest BCUT2D eigenvalue weighted by molar-refractivity contribution is 0.101. The largest absolute Gasteiger partial charge is 0.496 e. The summed E-state index contributed by atoms with van der Waals surface area (Å²) in [5.41, 5.74) is 6.97. The zero-order valence-electron chi connectivity index (χ0n) is 14.5. The molecule has 0 amide bonds. The monoisotopic (exact) mass is 330 g/mol. The van der Waals surface area contributed by atoms with Crippen LogP contribution in [0, 0.1) is 0 Å². The molecule has 7 heteroatoms. The molecule has 0 radical (unpaired) electrons. The van der Waals surface area contributed by atoms with Gasteiger partial charge in [-0.25, -0.2) is 4.98 Å². The van der Waals surface area contributed by atoms with Crippen molar-refractivity contribution in [2.75, 3.05) is 25.2 Å². The van der Waals surface area contributed by atoms with Crippen LogP contribution in [0.3, 0.4) is 0 Å². The first-order chi connectivity index (χ1) is 11.4. The first-order valence-corrected chi connectivity index (χ1v) is 7.58. The van der Waals surface area contributed by atoms with Crippen LogP contribution in [-0.2, 0) is 0 Å². The number of nitrogens with two attached hydrogens (primary N) is 1. The minimum atomic E-state index is -0.102. The molecule has 0 saturated heterocycles. The molecule has 1 aromatic carbocycles. The Bertz CT molecular complexity index is 760. The molecule has 24 heavy (non-hydrogen) atoms. The summed E-state index contributed by atoms with van der Waals surface area (Å²) in [6.45, 7) is 5.56. The van der Waals surface area contributed by atoms with Gasteiger partial charge in [-0.2, -0.15) is 4.98 Å². The highest BCUT2D eigenvalue weighted by Crippen LogP contribution is 2.37. The lowest BCUT2D eigenvalue weighted by Gasteiger charge is -2.18. The lowest BCUT2D eigenvalue weighted by Crippen LogP contribution is -2.05. The van der Waals surface area contributed by atoms with Gasteiger partial charge in [0.1, 0.15) is 11.5 Å². The van der Waals surface area contributed by atoms with Crippen LogP contribution in [0.5, 0.6) is 17.2 Å². The Kier molecular flexibility index (Phi) is 5.23. The molecule has 128 valence electrons. The number of nitrogen functional groups attached to an aromatic ring is 1. The van der Waals surface area contributed by atoms with Gasteiger partial charge in [0.2, 0.25) is 5.95 Å². The van der Waals surface area contributed by atoms with Gasteiger partial charge >= 0.3 is 0 Å². The molecule has 1 heterocycles. The van der Waals surface area contributed by atoms with Crippen LogP contribution in [0.15, 0.2) is 18.3 Å². The van der Waals surface area contributed by atoms with Crippen molar-refractivity contribution in [2.24, 2.45) is 0 Å². The number of carbonyl (C=O) groups excluding carboxylic acids is 1. The number of aromatic nitrogens is 2.